The van der Waals surface area contributed by atoms with Crippen molar-refractivity contribution in [1.82, 2.24) is 36.9 Å². The van der Waals surface area contributed by atoms with Crippen LogP contribution in [0.5, 0.6) is 0 Å². The van der Waals surface area contributed by atoms with Gasteiger partial charge in [-0.1, -0.05) is 66.2 Å². The summed E-state index contributed by atoms with van der Waals surface area (Å²) in [6.45, 7) is 10.6. The largest absolute Gasteiger partial charge is 0.394 e. The van der Waals surface area contributed by atoms with Crippen LogP contribution >= 0.6 is 0 Å². The number of aromatic amines is 1. The Hall–Kier alpha value is -4.50. The van der Waals surface area contributed by atoms with Gasteiger partial charge in [-0.05, 0) is 61.6 Å². The molecule has 15 heteroatoms. The normalized spacial score (nSPS) is 25.0. The molecule has 1 saturated heterocycles. The SMILES string of the molecule is CC[C@@H](C)[C@@H]1NC(=O)[C@@H](CC(C)C)NC(=O)[C@H](CC(C)C)NC(=O)[C@H](Cc2c[nH]c3ccccc23)NC(=O)[C@@H](CCCN)NC(=O)[C@H](CO)NC1=O. The van der Waals surface area contributed by atoms with Crippen LogP contribution in [0.4, 0.5) is 0 Å². The predicted molar refractivity (Wildman–Crippen MR) is 197 cm³/mol. The van der Waals surface area contributed by atoms with Gasteiger partial charge in [-0.3, -0.25) is 28.8 Å². The Bertz CT molecular complexity index is 1540. The molecule has 2 aromatic rings. The highest BCUT2D eigenvalue weighted by Gasteiger charge is 2.36. The molecule has 6 amide bonds. The van der Waals surface area contributed by atoms with Gasteiger partial charge in [-0.25, -0.2) is 0 Å². The fraction of sp³-hybridized carbons (Fsp3) is 0.622. The lowest BCUT2D eigenvalue weighted by atomic mass is 9.96. The fourth-order valence-electron chi connectivity index (χ4n) is 6.23. The molecule has 15 nitrogen and oxygen atoms in total. The zero-order chi connectivity index (χ0) is 38.5. The van der Waals surface area contributed by atoms with Crippen molar-refractivity contribution < 1.29 is 33.9 Å². The number of nitrogens with one attached hydrogen (secondary N) is 7. The molecule has 1 aliphatic heterocycles. The molecule has 2 heterocycles. The molecular formula is C37H58N8O7. The number of carbonyl (C=O) groups is 6. The summed E-state index contributed by atoms with van der Waals surface area (Å²) < 4.78 is 0. The zero-order valence-corrected chi connectivity index (χ0v) is 31.2. The van der Waals surface area contributed by atoms with Crippen LogP contribution in [0.15, 0.2) is 30.5 Å². The number of carbonyl (C=O) groups excluding carboxylic acids is 6. The molecule has 0 saturated carbocycles. The van der Waals surface area contributed by atoms with Crippen molar-refractivity contribution in [3.63, 3.8) is 0 Å². The van der Waals surface area contributed by atoms with Gasteiger partial charge in [0.1, 0.15) is 36.3 Å². The molecule has 3 rings (SSSR count). The van der Waals surface area contributed by atoms with Crippen LogP contribution in [0.25, 0.3) is 10.9 Å². The van der Waals surface area contributed by atoms with E-state index in [0.29, 0.717) is 12.8 Å². The van der Waals surface area contributed by atoms with E-state index in [9.17, 15) is 33.9 Å². The molecule has 288 valence electrons. The van der Waals surface area contributed by atoms with Crippen molar-refractivity contribution >= 4 is 46.3 Å². The van der Waals surface area contributed by atoms with E-state index in [1.54, 1.807) is 13.1 Å². The third kappa shape index (κ3) is 11.8. The fourth-order valence-corrected chi connectivity index (χ4v) is 6.23. The van der Waals surface area contributed by atoms with Gasteiger partial charge >= 0.3 is 0 Å². The van der Waals surface area contributed by atoms with Crippen molar-refractivity contribution in [2.75, 3.05) is 13.2 Å². The number of rotatable bonds is 12. The van der Waals surface area contributed by atoms with Gasteiger partial charge in [-0.2, -0.15) is 0 Å². The Morgan fingerprint density at radius 3 is 1.75 bits per heavy atom. The summed E-state index contributed by atoms with van der Waals surface area (Å²) in [6, 6.07) is 0.419. The van der Waals surface area contributed by atoms with E-state index in [2.05, 4.69) is 36.9 Å². The van der Waals surface area contributed by atoms with Gasteiger partial charge < -0.3 is 47.7 Å². The lowest BCUT2D eigenvalue weighted by molar-refractivity contribution is -0.137. The molecule has 10 N–H and O–H groups in total. The standard InChI is InChI=1S/C37H58N8O7/c1-7-22(6)31-37(52)44-30(19-46)36(51)40-26(13-10-14-38)32(47)43-29(17-23-18-39-25-12-9-8-11-24(23)25)34(49)41-27(15-20(2)3)33(48)42-28(16-21(4)5)35(50)45-31/h8-9,11-12,18,20-22,26-31,39,46H,7,10,13-17,19,38H2,1-6H3,(H,40,51)(H,41,49)(H,42,48)(H,43,47)(H,44,52)(H,45,50)/t22-,26-,27+,28-,29+,30+,31+/m1/s1. The van der Waals surface area contributed by atoms with Crippen molar-refractivity contribution in [1.29, 1.82) is 0 Å². The van der Waals surface area contributed by atoms with E-state index in [1.807, 2.05) is 58.9 Å². The number of para-hydroxylation sites is 1. The Balaban J connectivity index is 2.11. The minimum absolute atomic E-state index is 0.0339. The first kappa shape index (κ1) is 41.9. The molecule has 0 bridgehead atoms. The van der Waals surface area contributed by atoms with E-state index >= 15 is 0 Å². The summed E-state index contributed by atoms with van der Waals surface area (Å²) in [5, 5.41) is 27.4. The average molecular weight is 727 g/mol. The second kappa shape index (κ2) is 19.9. The molecule has 52 heavy (non-hydrogen) atoms. The Labute approximate surface area is 305 Å². The summed E-state index contributed by atoms with van der Waals surface area (Å²) in [5.74, 6) is -4.51. The molecule has 0 unspecified atom stereocenters. The Morgan fingerprint density at radius 1 is 0.673 bits per heavy atom. The molecule has 7 atom stereocenters. The number of aliphatic hydroxyl groups excluding tert-OH is 1. The quantitative estimate of drug-likeness (QED) is 0.149. The second-order valence-electron chi connectivity index (χ2n) is 14.6. The van der Waals surface area contributed by atoms with Crippen LogP contribution in [0.1, 0.15) is 79.2 Å². The second-order valence-corrected chi connectivity index (χ2v) is 14.6. The number of benzene rings is 1. The number of hydrogen-bond donors (Lipinski definition) is 9. The maximum atomic E-state index is 14.2. The molecule has 1 fully saturated rings. The van der Waals surface area contributed by atoms with E-state index in [4.69, 9.17) is 5.73 Å². The number of aliphatic hydroxyl groups is 1. The lowest BCUT2D eigenvalue weighted by Crippen LogP contribution is -2.63. The van der Waals surface area contributed by atoms with Gasteiger partial charge in [-0.15, -0.1) is 0 Å². The van der Waals surface area contributed by atoms with Crippen molar-refractivity contribution in [3.8, 4) is 0 Å². The van der Waals surface area contributed by atoms with Crippen LogP contribution in [0, 0.1) is 17.8 Å². The first-order valence-electron chi connectivity index (χ1n) is 18.4. The van der Waals surface area contributed by atoms with Crippen molar-refractivity contribution in [2.24, 2.45) is 23.5 Å². The maximum Gasteiger partial charge on any atom is 0.245 e. The number of hydrogen-bond acceptors (Lipinski definition) is 8. The van der Waals surface area contributed by atoms with Crippen molar-refractivity contribution in [3.05, 3.63) is 36.0 Å². The van der Waals surface area contributed by atoms with E-state index in [-0.39, 0.29) is 44.1 Å². The molecule has 1 aromatic heterocycles. The molecule has 0 radical (unpaired) electrons. The first-order chi connectivity index (χ1) is 24.7. The maximum absolute atomic E-state index is 14.2. The van der Waals surface area contributed by atoms with E-state index < -0.39 is 84.2 Å². The summed E-state index contributed by atoms with van der Waals surface area (Å²) >= 11 is 0. The summed E-state index contributed by atoms with van der Waals surface area (Å²) in [6.07, 6.45) is 3.18. The molecular weight excluding hydrogens is 668 g/mol. The van der Waals surface area contributed by atoms with Crippen LogP contribution < -0.4 is 37.6 Å². The number of aromatic nitrogens is 1. The van der Waals surface area contributed by atoms with Gasteiger partial charge in [0.2, 0.25) is 35.4 Å². The van der Waals surface area contributed by atoms with E-state index in [1.165, 1.54) is 0 Å². The summed E-state index contributed by atoms with van der Waals surface area (Å²) in [4.78, 5) is 86.1. The van der Waals surface area contributed by atoms with Crippen LogP contribution in [-0.4, -0.2) is 94.9 Å². The smallest absolute Gasteiger partial charge is 0.245 e. The minimum atomic E-state index is -1.46. The van der Waals surface area contributed by atoms with Crippen LogP contribution in [-0.2, 0) is 35.2 Å². The van der Waals surface area contributed by atoms with Gasteiger partial charge in [0.25, 0.3) is 0 Å². The van der Waals surface area contributed by atoms with Gasteiger partial charge in [0.05, 0.1) is 6.61 Å². The van der Waals surface area contributed by atoms with E-state index in [0.717, 1.165) is 16.5 Å². The Kier molecular flexibility index (Phi) is 16.1. The first-order valence-corrected chi connectivity index (χ1v) is 18.4. The number of fused-ring (bicyclic) bond motifs is 1. The summed E-state index contributed by atoms with van der Waals surface area (Å²) in [5.41, 5.74) is 7.31. The Morgan fingerprint density at radius 2 is 1.17 bits per heavy atom. The summed E-state index contributed by atoms with van der Waals surface area (Å²) in [7, 11) is 0. The average Bonchev–Trinajstić information content (AvgIpc) is 3.51. The van der Waals surface area contributed by atoms with Crippen LogP contribution in [0.2, 0.25) is 0 Å². The zero-order valence-electron chi connectivity index (χ0n) is 31.2. The molecule has 1 aromatic carbocycles. The highest BCUT2D eigenvalue weighted by Crippen LogP contribution is 2.20. The van der Waals surface area contributed by atoms with Crippen LogP contribution in [0.3, 0.4) is 0 Å². The minimum Gasteiger partial charge on any atom is -0.394 e. The van der Waals surface area contributed by atoms with Gasteiger partial charge in [0.15, 0.2) is 0 Å². The lowest BCUT2D eigenvalue weighted by Gasteiger charge is -2.31. The highest BCUT2D eigenvalue weighted by molar-refractivity contribution is 5.98. The molecule has 0 spiro atoms. The number of nitrogens with two attached hydrogens (primary N) is 1. The third-order valence-corrected chi connectivity index (χ3v) is 9.35. The molecule has 0 aliphatic carbocycles. The van der Waals surface area contributed by atoms with Gasteiger partial charge in [0, 0.05) is 23.5 Å². The molecule has 1 aliphatic rings. The topological polar surface area (TPSA) is 237 Å². The van der Waals surface area contributed by atoms with Crippen molar-refractivity contribution in [2.45, 2.75) is 116 Å². The predicted octanol–water partition coefficient (Wildman–Crippen LogP) is 0.502. The third-order valence-electron chi connectivity index (χ3n) is 9.35. The number of amides is 6. The number of H-pyrrole nitrogens is 1. The highest BCUT2D eigenvalue weighted by atomic mass is 16.3. The monoisotopic (exact) mass is 726 g/mol.